The number of amides is 1. The Kier molecular flexibility index (Phi) is 6.80. The summed E-state index contributed by atoms with van der Waals surface area (Å²) in [5.74, 6) is 0.348. The molecule has 1 aliphatic rings. The minimum Gasteiger partial charge on any atom is -0.486 e. The summed E-state index contributed by atoms with van der Waals surface area (Å²) < 4.78 is 76.3. The van der Waals surface area contributed by atoms with Crippen LogP contribution in [0.25, 0.3) is 0 Å². The average molecular weight is 493 g/mol. The van der Waals surface area contributed by atoms with Crippen molar-refractivity contribution in [3.8, 4) is 11.5 Å². The summed E-state index contributed by atoms with van der Waals surface area (Å²) in [5, 5.41) is 1.98. The van der Waals surface area contributed by atoms with Gasteiger partial charge in [0.2, 0.25) is 15.9 Å². The molecule has 0 aliphatic carbocycles. The van der Waals surface area contributed by atoms with Crippen LogP contribution in [-0.2, 0) is 21.0 Å². The molecule has 2 aromatic rings. The minimum atomic E-state index is -4.80. The van der Waals surface area contributed by atoms with E-state index >= 15 is 0 Å². The molecule has 1 heterocycles. The van der Waals surface area contributed by atoms with E-state index in [0.29, 0.717) is 21.9 Å². The summed E-state index contributed by atoms with van der Waals surface area (Å²) in [7, 11) is -4.11. The Morgan fingerprint density at radius 2 is 1.91 bits per heavy atom. The number of nitrogens with one attached hydrogen (secondary N) is 1. The molecule has 32 heavy (non-hydrogen) atoms. The lowest BCUT2D eigenvalue weighted by Gasteiger charge is -2.30. The normalized spacial score (nSPS) is 16.9. The standard InChI is InChI=1S/C20H20ClF3N2O5S/c1-12(19(27)25-10-14-11-30-17-5-3-4-6-18(17)31-14)26(32(2,28)29)13-7-8-16(21)15(9-13)20(22,23)24/h3-9,12,14H,10-11H2,1-2H3,(H,25,27)/t12-,14-/m1/s1. The lowest BCUT2D eigenvalue weighted by Crippen LogP contribution is -2.50. The van der Waals surface area contributed by atoms with Gasteiger partial charge in [0.1, 0.15) is 18.8 Å². The van der Waals surface area contributed by atoms with Crippen molar-refractivity contribution in [2.45, 2.75) is 25.2 Å². The molecule has 2 atom stereocenters. The van der Waals surface area contributed by atoms with Crippen molar-refractivity contribution in [2.24, 2.45) is 0 Å². The Balaban J connectivity index is 1.76. The summed E-state index contributed by atoms with van der Waals surface area (Å²) in [6.07, 6.45) is -4.52. The number of nitrogens with zero attached hydrogens (tertiary/aromatic N) is 1. The SMILES string of the molecule is C[C@H](C(=O)NC[C@@H]1COc2ccccc2O1)N(c1ccc(Cl)c(C(F)(F)F)c1)S(C)(=O)=O. The highest BCUT2D eigenvalue weighted by atomic mass is 35.5. The van der Waals surface area contributed by atoms with Crippen molar-refractivity contribution in [3.63, 3.8) is 0 Å². The summed E-state index contributed by atoms with van der Waals surface area (Å²) in [4.78, 5) is 12.7. The molecular weight excluding hydrogens is 473 g/mol. The quantitative estimate of drug-likeness (QED) is 0.667. The Labute approximate surface area is 188 Å². The molecule has 1 amide bonds. The predicted octanol–water partition coefficient (Wildman–Crippen LogP) is 3.47. The Hall–Kier alpha value is -2.66. The molecule has 0 saturated carbocycles. The van der Waals surface area contributed by atoms with E-state index in [1.54, 1.807) is 24.3 Å². The largest absolute Gasteiger partial charge is 0.486 e. The number of alkyl halides is 3. The van der Waals surface area contributed by atoms with E-state index < -0.39 is 44.8 Å². The summed E-state index contributed by atoms with van der Waals surface area (Å²) >= 11 is 5.62. The fraction of sp³-hybridized carbons (Fsp3) is 0.350. The molecule has 3 rings (SSSR count). The molecule has 1 aliphatic heterocycles. The van der Waals surface area contributed by atoms with Gasteiger partial charge in [0.05, 0.1) is 29.1 Å². The van der Waals surface area contributed by atoms with Crippen LogP contribution < -0.4 is 19.1 Å². The summed E-state index contributed by atoms with van der Waals surface area (Å²) in [6, 6.07) is 8.29. The van der Waals surface area contributed by atoms with Crippen molar-refractivity contribution >= 4 is 33.2 Å². The zero-order valence-electron chi connectivity index (χ0n) is 17.0. The third kappa shape index (κ3) is 5.39. The first-order chi connectivity index (χ1) is 14.9. The third-order valence-electron chi connectivity index (χ3n) is 4.67. The highest BCUT2D eigenvalue weighted by molar-refractivity contribution is 7.92. The third-order valence-corrected chi connectivity index (χ3v) is 6.24. The first-order valence-electron chi connectivity index (χ1n) is 9.40. The maximum Gasteiger partial charge on any atom is 0.417 e. The maximum absolute atomic E-state index is 13.2. The number of para-hydroxylation sites is 2. The van der Waals surface area contributed by atoms with E-state index in [9.17, 15) is 26.4 Å². The van der Waals surface area contributed by atoms with Crippen LogP contribution in [0.2, 0.25) is 5.02 Å². The van der Waals surface area contributed by atoms with Crippen molar-refractivity contribution in [3.05, 3.63) is 53.1 Å². The molecule has 0 fully saturated rings. The molecule has 7 nitrogen and oxygen atoms in total. The van der Waals surface area contributed by atoms with Crippen LogP contribution in [0.4, 0.5) is 18.9 Å². The zero-order valence-corrected chi connectivity index (χ0v) is 18.6. The lowest BCUT2D eigenvalue weighted by molar-refractivity contribution is -0.137. The first kappa shape index (κ1) is 24.0. The van der Waals surface area contributed by atoms with Crippen LogP contribution >= 0.6 is 11.6 Å². The highest BCUT2D eigenvalue weighted by Crippen LogP contribution is 2.38. The minimum absolute atomic E-state index is 0.00350. The van der Waals surface area contributed by atoms with E-state index in [4.69, 9.17) is 21.1 Å². The second kappa shape index (κ2) is 9.07. The number of ether oxygens (including phenoxy) is 2. The molecular formula is C20H20ClF3N2O5S. The van der Waals surface area contributed by atoms with Gasteiger partial charge in [0.15, 0.2) is 11.5 Å². The molecule has 1 N–H and O–H groups in total. The maximum atomic E-state index is 13.2. The van der Waals surface area contributed by atoms with Crippen molar-refractivity contribution in [1.82, 2.24) is 5.32 Å². The molecule has 0 unspecified atom stereocenters. The van der Waals surface area contributed by atoms with Crippen LogP contribution in [-0.4, -0.2) is 45.9 Å². The van der Waals surface area contributed by atoms with Crippen LogP contribution in [0.5, 0.6) is 11.5 Å². The van der Waals surface area contributed by atoms with Gasteiger partial charge in [-0.3, -0.25) is 9.10 Å². The Bertz CT molecular complexity index is 1110. The monoisotopic (exact) mass is 492 g/mol. The molecule has 0 bridgehead atoms. The topological polar surface area (TPSA) is 84.9 Å². The number of carbonyl (C=O) groups is 1. The summed E-state index contributed by atoms with van der Waals surface area (Å²) in [5.41, 5.74) is -1.54. The number of carbonyl (C=O) groups excluding carboxylic acids is 1. The number of rotatable bonds is 6. The molecule has 0 radical (unpaired) electrons. The van der Waals surface area contributed by atoms with Gasteiger partial charge in [0.25, 0.3) is 0 Å². The number of fused-ring (bicyclic) bond motifs is 1. The number of hydrogen-bond acceptors (Lipinski definition) is 5. The fourth-order valence-electron chi connectivity index (χ4n) is 3.20. The molecule has 174 valence electrons. The fourth-order valence-corrected chi connectivity index (χ4v) is 4.59. The van der Waals surface area contributed by atoms with Gasteiger partial charge in [-0.1, -0.05) is 23.7 Å². The van der Waals surface area contributed by atoms with Crippen LogP contribution in [0.3, 0.4) is 0 Å². The van der Waals surface area contributed by atoms with Crippen LogP contribution in [0, 0.1) is 0 Å². The lowest BCUT2D eigenvalue weighted by atomic mass is 10.1. The van der Waals surface area contributed by atoms with Crippen molar-refractivity contribution in [2.75, 3.05) is 23.7 Å². The molecule has 0 spiro atoms. The van der Waals surface area contributed by atoms with Crippen LogP contribution in [0.1, 0.15) is 12.5 Å². The number of hydrogen-bond donors (Lipinski definition) is 1. The van der Waals surface area contributed by atoms with Gasteiger partial charge in [-0.2, -0.15) is 13.2 Å². The van der Waals surface area contributed by atoms with Crippen molar-refractivity contribution in [1.29, 1.82) is 0 Å². The van der Waals surface area contributed by atoms with E-state index in [1.807, 2.05) is 0 Å². The van der Waals surface area contributed by atoms with E-state index in [-0.39, 0.29) is 18.8 Å². The number of anilines is 1. The van der Waals surface area contributed by atoms with E-state index in [1.165, 1.54) is 6.92 Å². The Morgan fingerprint density at radius 1 is 1.25 bits per heavy atom. The number of sulfonamides is 1. The van der Waals surface area contributed by atoms with Crippen molar-refractivity contribution < 1.29 is 35.9 Å². The molecule has 2 aromatic carbocycles. The second-order valence-electron chi connectivity index (χ2n) is 7.14. The molecule has 12 heteroatoms. The van der Waals surface area contributed by atoms with Crippen LogP contribution in [0.15, 0.2) is 42.5 Å². The Morgan fingerprint density at radius 3 is 2.53 bits per heavy atom. The highest BCUT2D eigenvalue weighted by Gasteiger charge is 2.36. The smallest absolute Gasteiger partial charge is 0.417 e. The van der Waals surface area contributed by atoms with Gasteiger partial charge in [-0.15, -0.1) is 0 Å². The molecule has 0 saturated heterocycles. The van der Waals surface area contributed by atoms with Gasteiger partial charge in [0, 0.05) is 0 Å². The van der Waals surface area contributed by atoms with Gasteiger partial charge >= 0.3 is 6.18 Å². The number of halogens is 4. The molecule has 0 aromatic heterocycles. The van der Waals surface area contributed by atoms with E-state index in [0.717, 1.165) is 18.4 Å². The number of benzene rings is 2. The first-order valence-corrected chi connectivity index (χ1v) is 11.6. The van der Waals surface area contributed by atoms with Gasteiger partial charge < -0.3 is 14.8 Å². The van der Waals surface area contributed by atoms with Gasteiger partial charge in [-0.05, 0) is 37.3 Å². The van der Waals surface area contributed by atoms with Gasteiger partial charge in [-0.25, -0.2) is 8.42 Å². The summed E-state index contributed by atoms with van der Waals surface area (Å²) in [6.45, 7) is 1.43. The predicted molar refractivity (Wildman–Crippen MR) is 113 cm³/mol. The second-order valence-corrected chi connectivity index (χ2v) is 9.41. The average Bonchev–Trinajstić information content (AvgIpc) is 2.71. The zero-order chi connectivity index (χ0) is 23.7. The van der Waals surface area contributed by atoms with E-state index in [2.05, 4.69) is 5.32 Å².